The van der Waals surface area contributed by atoms with Crippen molar-refractivity contribution >= 4 is 5.91 Å². The highest BCUT2D eigenvalue weighted by molar-refractivity contribution is 5.77. The summed E-state index contributed by atoms with van der Waals surface area (Å²) in [5.41, 5.74) is 3.52. The SMILES string of the molecule is C=CCOc1ccc(C[NH+](C)CC(=O)N2CCc3cc(OC)c(OC)cc3C2)cc1. The van der Waals surface area contributed by atoms with Crippen LogP contribution in [0.15, 0.2) is 49.1 Å². The Bertz CT molecular complexity index is 880. The zero-order chi connectivity index (χ0) is 21.5. The van der Waals surface area contributed by atoms with E-state index in [2.05, 4.69) is 6.58 Å². The first-order valence-corrected chi connectivity index (χ1v) is 10.2. The van der Waals surface area contributed by atoms with Gasteiger partial charge in [-0.25, -0.2) is 0 Å². The van der Waals surface area contributed by atoms with Crippen LogP contribution in [0.5, 0.6) is 17.2 Å². The fraction of sp³-hybridized carbons (Fsp3) is 0.375. The van der Waals surface area contributed by atoms with Crippen molar-refractivity contribution in [3.63, 3.8) is 0 Å². The van der Waals surface area contributed by atoms with Gasteiger partial charge in [0.2, 0.25) is 0 Å². The molecule has 1 unspecified atom stereocenters. The molecule has 1 amide bonds. The highest BCUT2D eigenvalue weighted by Crippen LogP contribution is 2.33. The maximum Gasteiger partial charge on any atom is 0.278 e. The minimum Gasteiger partial charge on any atom is -0.493 e. The number of ether oxygens (including phenoxy) is 3. The molecule has 2 aromatic carbocycles. The summed E-state index contributed by atoms with van der Waals surface area (Å²) in [5, 5.41) is 0. The van der Waals surface area contributed by atoms with Crippen molar-refractivity contribution in [1.29, 1.82) is 0 Å². The molecule has 3 rings (SSSR count). The summed E-state index contributed by atoms with van der Waals surface area (Å²) < 4.78 is 16.3. The van der Waals surface area contributed by atoms with Crippen LogP contribution in [0.4, 0.5) is 0 Å². The number of nitrogens with one attached hydrogen (secondary N) is 1. The van der Waals surface area contributed by atoms with E-state index in [0.717, 1.165) is 41.5 Å². The number of hydrogen-bond acceptors (Lipinski definition) is 4. The third-order valence-corrected chi connectivity index (χ3v) is 5.32. The zero-order valence-corrected chi connectivity index (χ0v) is 18.1. The van der Waals surface area contributed by atoms with E-state index in [0.29, 0.717) is 25.4 Å². The minimum absolute atomic E-state index is 0.166. The van der Waals surface area contributed by atoms with E-state index in [4.69, 9.17) is 14.2 Å². The van der Waals surface area contributed by atoms with Crippen molar-refractivity contribution in [3.05, 3.63) is 65.7 Å². The molecule has 0 saturated carbocycles. The molecule has 6 heteroatoms. The Hall–Kier alpha value is -2.99. The summed E-state index contributed by atoms with van der Waals surface area (Å²) in [6.07, 6.45) is 2.55. The molecule has 6 nitrogen and oxygen atoms in total. The van der Waals surface area contributed by atoms with Crippen LogP contribution in [-0.2, 0) is 24.3 Å². The van der Waals surface area contributed by atoms with E-state index in [1.165, 1.54) is 11.1 Å². The Morgan fingerprint density at radius 3 is 2.43 bits per heavy atom. The van der Waals surface area contributed by atoms with Gasteiger partial charge in [-0.1, -0.05) is 12.7 Å². The lowest BCUT2D eigenvalue weighted by atomic mass is 9.98. The fourth-order valence-electron chi connectivity index (χ4n) is 3.74. The zero-order valence-electron chi connectivity index (χ0n) is 18.1. The molecule has 0 saturated heterocycles. The average Bonchev–Trinajstić information content (AvgIpc) is 2.77. The molecule has 1 N–H and O–H groups in total. The van der Waals surface area contributed by atoms with Gasteiger partial charge in [-0.15, -0.1) is 0 Å². The van der Waals surface area contributed by atoms with Gasteiger partial charge in [-0.05, 0) is 53.9 Å². The van der Waals surface area contributed by atoms with Crippen molar-refractivity contribution in [2.45, 2.75) is 19.5 Å². The highest BCUT2D eigenvalue weighted by Gasteiger charge is 2.24. The number of carbonyl (C=O) groups is 1. The molecule has 160 valence electrons. The van der Waals surface area contributed by atoms with Gasteiger partial charge in [-0.3, -0.25) is 4.79 Å². The number of methoxy groups -OCH3 is 2. The molecule has 0 aromatic heterocycles. The van der Waals surface area contributed by atoms with Crippen LogP contribution in [0, 0.1) is 0 Å². The van der Waals surface area contributed by atoms with Crippen molar-refractivity contribution < 1.29 is 23.9 Å². The van der Waals surface area contributed by atoms with Crippen LogP contribution in [0.1, 0.15) is 16.7 Å². The predicted molar refractivity (Wildman–Crippen MR) is 116 cm³/mol. The van der Waals surface area contributed by atoms with E-state index in [9.17, 15) is 4.79 Å². The summed E-state index contributed by atoms with van der Waals surface area (Å²) in [6, 6.07) is 12.0. The molecule has 2 aromatic rings. The molecule has 0 spiro atoms. The van der Waals surface area contributed by atoms with Gasteiger partial charge >= 0.3 is 0 Å². The Morgan fingerprint density at radius 1 is 1.13 bits per heavy atom. The summed E-state index contributed by atoms with van der Waals surface area (Å²) in [6.45, 7) is 6.72. The third-order valence-electron chi connectivity index (χ3n) is 5.32. The van der Waals surface area contributed by atoms with E-state index in [1.807, 2.05) is 48.3 Å². The number of likely N-dealkylation sites (N-methyl/N-ethyl adjacent to an activating group) is 1. The van der Waals surface area contributed by atoms with Gasteiger partial charge < -0.3 is 24.0 Å². The standard InChI is InChI=1S/C24H30N2O4/c1-5-12-30-21-8-6-18(7-9-21)15-25(2)17-24(27)26-11-10-19-13-22(28-3)23(29-4)14-20(19)16-26/h5-9,13-14H,1,10-12,15-17H2,2-4H3/p+1. The molecule has 0 fully saturated rings. The Kier molecular flexibility index (Phi) is 7.36. The van der Waals surface area contributed by atoms with Crippen LogP contribution in [0.2, 0.25) is 0 Å². The van der Waals surface area contributed by atoms with E-state index in [-0.39, 0.29) is 5.91 Å². The predicted octanol–water partition coefficient (Wildman–Crippen LogP) is 1.87. The lowest BCUT2D eigenvalue weighted by Crippen LogP contribution is -3.08. The van der Waals surface area contributed by atoms with Gasteiger partial charge in [-0.2, -0.15) is 0 Å². The normalized spacial score (nSPS) is 13.9. The number of quaternary nitrogens is 1. The Balaban J connectivity index is 1.56. The fourth-order valence-corrected chi connectivity index (χ4v) is 3.74. The molecule has 0 aliphatic carbocycles. The minimum atomic E-state index is 0.166. The van der Waals surface area contributed by atoms with Gasteiger partial charge in [0.15, 0.2) is 18.0 Å². The smallest absolute Gasteiger partial charge is 0.278 e. The highest BCUT2D eigenvalue weighted by atomic mass is 16.5. The number of amides is 1. The first-order valence-electron chi connectivity index (χ1n) is 10.2. The summed E-state index contributed by atoms with van der Waals surface area (Å²) in [7, 11) is 5.32. The number of hydrogen-bond donors (Lipinski definition) is 1. The summed E-state index contributed by atoms with van der Waals surface area (Å²) >= 11 is 0. The molecular weight excluding hydrogens is 380 g/mol. The lowest BCUT2D eigenvalue weighted by molar-refractivity contribution is -0.885. The summed E-state index contributed by atoms with van der Waals surface area (Å²) in [5.74, 6) is 2.43. The Morgan fingerprint density at radius 2 is 1.80 bits per heavy atom. The first-order chi connectivity index (χ1) is 14.5. The van der Waals surface area contributed by atoms with Gasteiger partial charge in [0.05, 0.1) is 21.3 Å². The molecular formula is C24H31N2O4+. The van der Waals surface area contributed by atoms with Gasteiger partial charge in [0, 0.05) is 18.7 Å². The topological polar surface area (TPSA) is 52.4 Å². The second-order valence-corrected chi connectivity index (χ2v) is 7.60. The second kappa shape index (κ2) is 10.2. The van der Waals surface area contributed by atoms with Crippen LogP contribution in [-0.4, -0.2) is 51.8 Å². The molecule has 1 aliphatic heterocycles. The van der Waals surface area contributed by atoms with E-state index in [1.54, 1.807) is 20.3 Å². The number of rotatable bonds is 9. The number of fused-ring (bicyclic) bond motifs is 1. The van der Waals surface area contributed by atoms with E-state index >= 15 is 0 Å². The number of carbonyl (C=O) groups excluding carboxylic acids is 1. The third kappa shape index (κ3) is 5.33. The Labute approximate surface area is 178 Å². The van der Waals surface area contributed by atoms with Crippen LogP contribution < -0.4 is 19.1 Å². The van der Waals surface area contributed by atoms with Crippen molar-refractivity contribution in [2.24, 2.45) is 0 Å². The number of benzene rings is 2. The molecule has 1 heterocycles. The van der Waals surface area contributed by atoms with Crippen molar-refractivity contribution in [2.75, 3.05) is 41.0 Å². The first kappa shape index (κ1) is 21.7. The largest absolute Gasteiger partial charge is 0.493 e. The molecule has 30 heavy (non-hydrogen) atoms. The lowest BCUT2D eigenvalue weighted by Gasteiger charge is -2.30. The van der Waals surface area contributed by atoms with Gasteiger partial charge in [0.1, 0.15) is 18.9 Å². The van der Waals surface area contributed by atoms with Crippen molar-refractivity contribution in [3.8, 4) is 17.2 Å². The maximum absolute atomic E-state index is 12.9. The summed E-state index contributed by atoms with van der Waals surface area (Å²) in [4.78, 5) is 16.0. The maximum atomic E-state index is 12.9. The monoisotopic (exact) mass is 411 g/mol. The molecule has 0 radical (unpaired) electrons. The van der Waals surface area contributed by atoms with E-state index < -0.39 is 0 Å². The van der Waals surface area contributed by atoms with Crippen LogP contribution in [0.25, 0.3) is 0 Å². The van der Waals surface area contributed by atoms with Crippen LogP contribution in [0.3, 0.4) is 0 Å². The molecule has 0 bridgehead atoms. The second-order valence-electron chi connectivity index (χ2n) is 7.60. The molecule has 1 aliphatic rings. The molecule has 1 atom stereocenters. The van der Waals surface area contributed by atoms with Crippen LogP contribution >= 0.6 is 0 Å². The number of nitrogens with zero attached hydrogens (tertiary/aromatic N) is 1. The quantitative estimate of drug-likeness (QED) is 0.640. The van der Waals surface area contributed by atoms with Crippen molar-refractivity contribution in [1.82, 2.24) is 4.90 Å². The van der Waals surface area contributed by atoms with Gasteiger partial charge in [0.25, 0.3) is 5.91 Å². The average molecular weight is 412 g/mol.